The molecule has 0 bridgehead atoms. The molecule has 0 aliphatic rings. The number of benzene rings is 1. The summed E-state index contributed by atoms with van der Waals surface area (Å²) in [5.74, 6) is 0.918. The summed E-state index contributed by atoms with van der Waals surface area (Å²) in [6.45, 7) is 1.82. The lowest BCUT2D eigenvalue weighted by molar-refractivity contribution is 0.414. The number of anilines is 1. The van der Waals surface area contributed by atoms with Gasteiger partial charge in [0.15, 0.2) is 5.65 Å². The molecule has 0 aliphatic carbocycles. The van der Waals surface area contributed by atoms with Gasteiger partial charge in [-0.05, 0) is 37.3 Å². The van der Waals surface area contributed by atoms with E-state index in [0.29, 0.717) is 17.2 Å². The summed E-state index contributed by atoms with van der Waals surface area (Å²) in [4.78, 5) is 4.28. The summed E-state index contributed by atoms with van der Waals surface area (Å²) in [7, 11) is -2.19. The van der Waals surface area contributed by atoms with E-state index in [9.17, 15) is 8.42 Å². The molecular formula is C14H14N4O3S. The zero-order valence-electron chi connectivity index (χ0n) is 12.0. The van der Waals surface area contributed by atoms with E-state index in [1.807, 2.05) is 6.92 Å². The number of aromatic nitrogens is 3. The van der Waals surface area contributed by atoms with E-state index in [1.54, 1.807) is 24.3 Å². The van der Waals surface area contributed by atoms with Crippen molar-refractivity contribution in [3.8, 4) is 5.75 Å². The second kappa shape index (κ2) is 5.30. The minimum atomic E-state index is -3.71. The lowest BCUT2D eigenvalue weighted by atomic mass is 10.3. The molecule has 0 amide bonds. The number of methoxy groups -OCH3 is 1. The van der Waals surface area contributed by atoms with E-state index in [1.165, 1.54) is 30.0 Å². The van der Waals surface area contributed by atoms with Crippen molar-refractivity contribution in [2.75, 3.05) is 11.8 Å². The predicted octanol–water partition coefficient (Wildman–Crippen LogP) is 1.85. The van der Waals surface area contributed by atoms with Crippen LogP contribution in [0.1, 0.15) is 5.69 Å². The van der Waals surface area contributed by atoms with Gasteiger partial charge in [-0.3, -0.25) is 4.72 Å². The second-order valence-corrected chi connectivity index (χ2v) is 6.35. The van der Waals surface area contributed by atoms with Gasteiger partial charge in [-0.15, -0.1) is 0 Å². The Bertz CT molecular complexity index is 917. The third-order valence-corrected chi connectivity index (χ3v) is 4.46. The van der Waals surface area contributed by atoms with Gasteiger partial charge in [0, 0.05) is 12.3 Å². The Morgan fingerprint density at radius 3 is 2.59 bits per heavy atom. The van der Waals surface area contributed by atoms with Crippen molar-refractivity contribution in [3.63, 3.8) is 0 Å². The fourth-order valence-electron chi connectivity index (χ4n) is 2.04. The molecule has 1 N–H and O–H groups in total. The molecule has 7 nitrogen and oxygen atoms in total. The number of nitrogens with one attached hydrogen (secondary N) is 1. The number of hydrogen-bond acceptors (Lipinski definition) is 5. The highest BCUT2D eigenvalue weighted by Gasteiger charge is 2.16. The summed E-state index contributed by atoms with van der Waals surface area (Å²) in [5.41, 5.74) is 1.33. The smallest absolute Gasteiger partial charge is 0.263 e. The van der Waals surface area contributed by atoms with E-state index >= 15 is 0 Å². The molecule has 0 aliphatic heterocycles. The summed E-state index contributed by atoms with van der Waals surface area (Å²) >= 11 is 0. The quantitative estimate of drug-likeness (QED) is 0.793. The van der Waals surface area contributed by atoms with Crippen LogP contribution < -0.4 is 9.46 Å². The van der Waals surface area contributed by atoms with Crippen molar-refractivity contribution in [1.29, 1.82) is 0 Å². The maximum absolute atomic E-state index is 12.4. The summed E-state index contributed by atoms with van der Waals surface area (Å²) < 4.78 is 33.9. The molecular weight excluding hydrogens is 304 g/mol. The SMILES string of the molecule is COc1ccc(S(=O)(=O)Nc2ccnc3cc(C)nn23)cc1. The van der Waals surface area contributed by atoms with Crippen molar-refractivity contribution in [2.24, 2.45) is 0 Å². The third-order valence-electron chi connectivity index (χ3n) is 3.09. The molecule has 3 rings (SSSR count). The fourth-order valence-corrected chi connectivity index (χ4v) is 3.08. The minimum Gasteiger partial charge on any atom is -0.497 e. The van der Waals surface area contributed by atoms with E-state index in [2.05, 4.69) is 14.8 Å². The van der Waals surface area contributed by atoms with Crippen LogP contribution in [0.5, 0.6) is 5.75 Å². The van der Waals surface area contributed by atoms with Crippen LogP contribution in [0.25, 0.3) is 5.65 Å². The second-order valence-electron chi connectivity index (χ2n) is 4.67. The van der Waals surface area contributed by atoms with Gasteiger partial charge >= 0.3 is 0 Å². The molecule has 0 saturated heterocycles. The number of fused-ring (bicyclic) bond motifs is 1. The summed E-state index contributed by atoms with van der Waals surface area (Å²) in [6, 6.07) is 9.47. The number of aryl methyl sites for hydroxylation is 1. The lowest BCUT2D eigenvalue weighted by Crippen LogP contribution is -2.15. The molecule has 0 radical (unpaired) electrons. The summed E-state index contributed by atoms with van der Waals surface area (Å²) in [6.07, 6.45) is 1.53. The molecule has 22 heavy (non-hydrogen) atoms. The number of sulfonamides is 1. The van der Waals surface area contributed by atoms with Crippen molar-refractivity contribution in [1.82, 2.24) is 14.6 Å². The van der Waals surface area contributed by atoms with Gasteiger partial charge in [-0.1, -0.05) is 0 Å². The molecule has 0 spiro atoms. The molecule has 0 atom stereocenters. The molecule has 114 valence electrons. The van der Waals surface area contributed by atoms with Crippen LogP contribution in [-0.4, -0.2) is 30.1 Å². The van der Waals surface area contributed by atoms with Crippen LogP contribution in [0.3, 0.4) is 0 Å². The Morgan fingerprint density at radius 2 is 1.91 bits per heavy atom. The molecule has 0 fully saturated rings. The Hall–Kier alpha value is -2.61. The van der Waals surface area contributed by atoms with Gasteiger partial charge in [0.2, 0.25) is 0 Å². The Balaban J connectivity index is 1.98. The van der Waals surface area contributed by atoms with Crippen LogP contribution in [0.4, 0.5) is 5.82 Å². The van der Waals surface area contributed by atoms with Gasteiger partial charge in [0.25, 0.3) is 10.0 Å². The van der Waals surface area contributed by atoms with Crippen LogP contribution in [0, 0.1) is 6.92 Å². The van der Waals surface area contributed by atoms with Gasteiger partial charge in [-0.25, -0.2) is 13.4 Å². The van der Waals surface area contributed by atoms with Crippen LogP contribution in [0.15, 0.2) is 47.5 Å². The van der Waals surface area contributed by atoms with Crippen LogP contribution in [-0.2, 0) is 10.0 Å². The predicted molar refractivity (Wildman–Crippen MR) is 81.5 cm³/mol. The topological polar surface area (TPSA) is 85.6 Å². The highest BCUT2D eigenvalue weighted by molar-refractivity contribution is 7.92. The molecule has 3 aromatic rings. The Morgan fingerprint density at radius 1 is 1.18 bits per heavy atom. The number of rotatable bonds is 4. The molecule has 0 unspecified atom stereocenters. The van der Waals surface area contributed by atoms with Crippen molar-refractivity contribution < 1.29 is 13.2 Å². The minimum absolute atomic E-state index is 0.141. The van der Waals surface area contributed by atoms with Gasteiger partial charge < -0.3 is 4.74 Å². The first kappa shape index (κ1) is 14.3. The van der Waals surface area contributed by atoms with E-state index < -0.39 is 10.0 Å². The highest BCUT2D eigenvalue weighted by atomic mass is 32.2. The normalized spacial score (nSPS) is 11.5. The zero-order chi connectivity index (χ0) is 15.7. The number of ether oxygens (including phenoxy) is 1. The number of hydrogen-bond donors (Lipinski definition) is 1. The van der Waals surface area contributed by atoms with Crippen LogP contribution in [0.2, 0.25) is 0 Å². The average molecular weight is 318 g/mol. The first-order valence-electron chi connectivity index (χ1n) is 6.48. The molecule has 8 heteroatoms. The van der Waals surface area contributed by atoms with Gasteiger partial charge in [-0.2, -0.15) is 9.61 Å². The van der Waals surface area contributed by atoms with Gasteiger partial charge in [0.1, 0.15) is 11.6 Å². The Labute approximate surface area is 127 Å². The van der Waals surface area contributed by atoms with Crippen molar-refractivity contribution in [2.45, 2.75) is 11.8 Å². The maximum atomic E-state index is 12.4. The molecule has 1 aromatic carbocycles. The maximum Gasteiger partial charge on any atom is 0.263 e. The number of nitrogens with zero attached hydrogens (tertiary/aromatic N) is 3. The monoisotopic (exact) mass is 318 g/mol. The van der Waals surface area contributed by atoms with Crippen molar-refractivity contribution in [3.05, 3.63) is 48.3 Å². The first-order valence-corrected chi connectivity index (χ1v) is 7.96. The molecule has 2 heterocycles. The highest BCUT2D eigenvalue weighted by Crippen LogP contribution is 2.19. The van der Waals surface area contributed by atoms with E-state index in [-0.39, 0.29) is 4.90 Å². The average Bonchev–Trinajstić information content (AvgIpc) is 2.88. The third kappa shape index (κ3) is 2.60. The fraction of sp³-hybridized carbons (Fsp3) is 0.143. The molecule has 0 saturated carbocycles. The standard InChI is InChI=1S/C14H14N4O3S/c1-10-9-14-15-8-7-13(18(14)16-10)17-22(19,20)12-5-3-11(21-2)4-6-12/h3-9,17H,1-2H3. The first-order chi connectivity index (χ1) is 10.5. The lowest BCUT2D eigenvalue weighted by Gasteiger charge is -2.09. The largest absolute Gasteiger partial charge is 0.497 e. The van der Waals surface area contributed by atoms with Crippen molar-refractivity contribution >= 4 is 21.5 Å². The van der Waals surface area contributed by atoms with Gasteiger partial charge in [0.05, 0.1) is 17.7 Å². The van der Waals surface area contributed by atoms with E-state index in [4.69, 9.17) is 4.74 Å². The summed E-state index contributed by atoms with van der Waals surface area (Å²) in [5, 5.41) is 4.23. The van der Waals surface area contributed by atoms with E-state index in [0.717, 1.165) is 5.69 Å². The Kier molecular flexibility index (Phi) is 3.45. The zero-order valence-corrected chi connectivity index (χ0v) is 12.8. The van der Waals surface area contributed by atoms with Crippen LogP contribution >= 0.6 is 0 Å². The molecule has 2 aromatic heterocycles.